The monoisotopic (exact) mass is 271 g/mol. The normalized spacial score (nSPS) is 12.2. The summed E-state index contributed by atoms with van der Waals surface area (Å²) in [6.07, 6.45) is 0.586. The number of carboxylic acids is 1. The summed E-state index contributed by atoms with van der Waals surface area (Å²) in [6.45, 7) is 1.91. The van der Waals surface area contributed by atoms with Crippen LogP contribution in [0.5, 0.6) is 5.75 Å². The van der Waals surface area contributed by atoms with E-state index < -0.39 is 5.97 Å². The Morgan fingerprint density at radius 3 is 2.72 bits per heavy atom. The molecule has 0 aliphatic heterocycles. The number of ether oxygens (including phenoxy) is 1. The van der Waals surface area contributed by atoms with Crippen molar-refractivity contribution in [3.63, 3.8) is 0 Å². The van der Waals surface area contributed by atoms with E-state index in [2.05, 4.69) is 5.32 Å². The number of aryl methyl sites for hydroxylation is 1. The number of hydrogen-bond donors (Lipinski definition) is 2. The summed E-state index contributed by atoms with van der Waals surface area (Å²) in [5, 5.41) is 12.5. The summed E-state index contributed by atoms with van der Waals surface area (Å²) < 4.78 is 5.37. The molecule has 1 aromatic carbocycles. The van der Waals surface area contributed by atoms with Crippen LogP contribution < -0.4 is 10.1 Å². The van der Waals surface area contributed by atoms with E-state index in [4.69, 9.17) is 21.4 Å². The van der Waals surface area contributed by atoms with Gasteiger partial charge in [0.05, 0.1) is 7.11 Å². The predicted molar refractivity (Wildman–Crippen MR) is 71.4 cm³/mol. The van der Waals surface area contributed by atoms with Crippen molar-refractivity contribution in [1.82, 2.24) is 5.32 Å². The van der Waals surface area contributed by atoms with Gasteiger partial charge in [0.25, 0.3) is 0 Å². The van der Waals surface area contributed by atoms with Gasteiger partial charge in [0, 0.05) is 23.0 Å². The van der Waals surface area contributed by atoms with E-state index in [1.165, 1.54) is 0 Å². The van der Waals surface area contributed by atoms with Crippen LogP contribution in [-0.4, -0.2) is 25.2 Å². The van der Waals surface area contributed by atoms with E-state index in [0.29, 0.717) is 11.4 Å². The van der Waals surface area contributed by atoms with Gasteiger partial charge in [-0.2, -0.15) is 0 Å². The number of nitrogens with one attached hydrogen (secondary N) is 1. The molecule has 0 aliphatic rings. The highest BCUT2D eigenvalue weighted by atomic mass is 35.5. The second-order valence-electron chi connectivity index (χ2n) is 4.12. The largest absolute Gasteiger partial charge is 0.496 e. The second kappa shape index (κ2) is 6.61. The van der Waals surface area contributed by atoms with Crippen molar-refractivity contribution in [1.29, 1.82) is 0 Å². The first kappa shape index (κ1) is 14.8. The first-order valence-electron chi connectivity index (χ1n) is 5.72. The molecule has 0 aromatic heterocycles. The van der Waals surface area contributed by atoms with Gasteiger partial charge in [-0.05, 0) is 38.1 Å². The van der Waals surface area contributed by atoms with Crippen LogP contribution in [0.1, 0.15) is 30.0 Å². The molecule has 1 rings (SSSR count). The van der Waals surface area contributed by atoms with E-state index in [-0.39, 0.29) is 12.5 Å². The molecular formula is C13H18ClNO3. The molecule has 1 unspecified atom stereocenters. The first-order chi connectivity index (χ1) is 8.49. The quantitative estimate of drug-likeness (QED) is 0.835. The standard InChI is InChI=1S/C13H18ClNO3/c1-8-6-9(14)7-10(13(8)18-3)11(15-2)4-5-12(16)17/h6-7,11,15H,4-5H2,1-3H3,(H,16,17). The average Bonchev–Trinajstić information content (AvgIpc) is 2.29. The fourth-order valence-electron chi connectivity index (χ4n) is 2.02. The summed E-state index contributed by atoms with van der Waals surface area (Å²) in [5.41, 5.74) is 1.84. The molecular weight excluding hydrogens is 254 g/mol. The maximum atomic E-state index is 10.7. The van der Waals surface area contributed by atoms with E-state index in [1.54, 1.807) is 14.2 Å². The zero-order chi connectivity index (χ0) is 13.7. The van der Waals surface area contributed by atoms with Crippen molar-refractivity contribution in [2.24, 2.45) is 0 Å². The fraction of sp³-hybridized carbons (Fsp3) is 0.462. The molecule has 0 heterocycles. The van der Waals surface area contributed by atoms with Crippen LogP contribution in [0.15, 0.2) is 12.1 Å². The molecule has 100 valence electrons. The Hall–Kier alpha value is -1.26. The summed E-state index contributed by atoms with van der Waals surface area (Å²) >= 11 is 6.04. The third kappa shape index (κ3) is 3.62. The lowest BCUT2D eigenvalue weighted by molar-refractivity contribution is -0.137. The van der Waals surface area contributed by atoms with Crippen molar-refractivity contribution in [2.45, 2.75) is 25.8 Å². The van der Waals surface area contributed by atoms with Crippen molar-refractivity contribution in [3.8, 4) is 5.75 Å². The second-order valence-corrected chi connectivity index (χ2v) is 4.56. The highest BCUT2D eigenvalue weighted by molar-refractivity contribution is 6.30. The Balaban J connectivity index is 3.07. The Labute approximate surface area is 112 Å². The lowest BCUT2D eigenvalue weighted by atomic mass is 9.98. The predicted octanol–water partition coefficient (Wildman–Crippen LogP) is 2.78. The van der Waals surface area contributed by atoms with E-state index in [1.807, 2.05) is 19.1 Å². The van der Waals surface area contributed by atoms with Gasteiger partial charge in [-0.1, -0.05) is 11.6 Å². The molecule has 2 N–H and O–H groups in total. The first-order valence-corrected chi connectivity index (χ1v) is 6.10. The van der Waals surface area contributed by atoms with Crippen LogP contribution in [0, 0.1) is 6.92 Å². The number of hydrogen-bond acceptors (Lipinski definition) is 3. The van der Waals surface area contributed by atoms with Gasteiger partial charge < -0.3 is 15.2 Å². The lowest BCUT2D eigenvalue weighted by Crippen LogP contribution is -2.18. The number of methoxy groups -OCH3 is 1. The highest BCUT2D eigenvalue weighted by Crippen LogP contribution is 2.33. The maximum absolute atomic E-state index is 10.7. The lowest BCUT2D eigenvalue weighted by Gasteiger charge is -2.20. The van der Waals surface area contributed by atoms with Crippen LogP contribution in [0.2, 0.25) is 5.02 Å². The number of carbonyl (C=O) groups is 1. The van der Waals surface area contributed by atoms with Gasteiger partial charge in [-0.15, -0.1) is 0 Å². The number of rotatable bonds is 6. The van der Waals surface area contributed by atoms with Gasteiger partial charge in [0.15, 0.2) is 0 Å². The number of carboxylic acid groups (broad SMARTS) is 1. The summed E-state index contributed by atoms with van der Waals surface area (Å²) in [7, 11) is 3.39. The summed E-state index contributed by atoms with van der Waals surface area (Å²) in [6, 6.07) is 3.55. The topological polar surface area (TPSA) is 58.6 Å². The van der Waals surface area contributed by atoms with Gasteiger partial charge in [0.2, 0.25) is 0 Å². The molecule has 4 nitrogen and oxygen atoms in total. The van der Waals surface area contributed by atoms with Crippen molar-refractivity contribution < 1.29 is 14.6 Å². The molecule has 18 heavy (non-hydrogen) atoms. The highest BCUT2D eigenvalue weighted by Gasteiger charge is 2.18. The van der Waals surface area contributed by atoms with Crippen LogP contribution in [-0.2, 0) is 4.79 Å². The Morgan fingerprint density at radius 1 is 1.56 bits per heavy atom. The van der Waals surface area contributed by atoms with Gasteiger partial charge in [-0.25, -0.2) is 0 Å². The number of benzene rings is 1. The summed E-state index contributed by atoms with van der Waals surface area (Å²) in [5.74, 6) is -0.0582. The van der Waals surface area contributed by atoms with E-state index >= 15 is 0 Å². The van der Waals surface area contributed by atoms with Crippen LogP contribution in [0.3, 0.4) is 0 Å². The Bertz CT molecular complexity index is 434. The molecule has 0 radical (unpaired) electrons. The number of halogens is 1. The smallest absolute Gasteiger partial charge is 0.303 e. The molecule has 1 aromatic rings. The molecule has 0 amide bonds. The van der Waals surface area contributed by atoms with Crippen molar-refractivity contribution in [2.75, 3.05) is 14.2 Å². The average molecular weight is 272 g/mol. The van der Waals surface area contributed by atoms with Crippen LogP contribution in [0.4, 0.5) is 0 Å². The van der Waals surface area contributed by atoms with Gasteiger partial charge in [-0.3, -0.25) is 4.79 Å². The van der Waals surface area contributed by atoms with E-state index in [0.717, 1.165) is 16.9 Å². The molecule has 0 aliphatic carbocycles. The third-order valence-corrected chi connectivity index (χ3v) is 3.06. The zero-order valence-corrected chi connectivity index (χ0v) is 11.5. The Morgan fingerprint density at radius 2 is 2.22 bits per heavy atom. The van der Waals surface area contributed by atoms with Crippen molar-refractivity contribution in [3.05, 3.63) is 28.3 Å². The third-order valence-electron chi connectivity index (χ3n) is 2.84. The minimum Gasteiger partial charge on any atom is -0.496 e. The molecule has 5 heteroatoms. The minimum atomic E-state index is -0.812. The van der Waals surface area contributed by atoms with Gasteiger partial charge >= 0.3 is 5.97 Å². The van der Waals surface area contributed by atoms with E-state index in [9.17, 15) is 4.79 Å². The van der Waals surface area contributed by atoms with Crippen LogP contribution >= 0.6 is 11.6 Å². The molecule has 1 atom stereocenters. The Kier molecular flexibility index (Phi) is 5.44. The summed E-state index contributed by atoms with van der Waals surface area (Å²) in [4.78, 5) is 10.7. The number of aliphatic carboxylic acids is 1. The van der Waals surface area contributed by atoms with Crippen LogP contribution in [0.25, 0.3) is 0 Å². The molecule has 0 spiro atoms. The van der Waals surface area contributed by atoms with Crippen molar-refractivity contribution >= 4 is 17.6 Å². The molecule has 0 bridgehead atoms. The zero-order valence-electron chi connectivity index (χ0n) is 10.8. The fourth-order valence-corrected chi connectivity index (χ4v) is 2.30. The van der Waals surface area contributed by atoms with Gasteiger partial charge in [0.1, 0.15) is 5.75 Å². The molecule has 0 fully saturated rings. The minimum absolute atomic E-state index is 0.0894. The molecule has 0 saturated heterocycles. The SMILES string of the molecule is CNC(CCC(=O)O)c1cc(Cl)cc(C)c1OC. The maximum Gasteiger partial charge on any atom is 0.303 e. The molecule has 0 saturated carbocycles.